The van der Waals surface area contributed by atoms with Crippen LogP contribution in [0.5, 0.6) is 0 Å². The van der Waals surface area contributed by atoms with Crippen molar-refractivity contribution in [3.8, 4) is 11.1 Å². The molecule has 1 atom stereocenters. The summed E-state index contributed by atoms with van der Waals surface area (Å²) in [6, 6.07) is 38.4. The molecule has 1 saturated heterocycles. The smallest absolute Gasteiger partial charge is 0.263 e. The molecule has 56 heavy (non-hydrogen) atoms. The molecule has 7 rings (SSSR count). The molecule has 1 aliphatic heterocycles. The van der Waals surface area contributed by atoms with E-state index in [4.69, 9.17) is 11.6 Å². The predicted octanol–water partition coefficient (Wildman–Crippen LogP) is 8.91. The van der Waals surface area contributed by atoms with E-state index in [2.05, 4.69) is 109 Å². The van der Waals surface area contributed by atoms with E-state index in [9.17, 15) is 8.42 Å². The van der Waals surface area contributed by atoms with Gasteiger partial charge in [0.15, 0.2) is 5.82 Å². The van der Waals surface area contributed by atoms with Crippen LogP contribution in [0.25, 0.3) is 22.0 Å². The third kappa shape index (κ3) is 10.0. The Morgan fingerprint density at radius 3 is 2.36 bits per heavy atom. The highest BCUT2D eigenvalue weighted by molar-refractivity contribution is 7.99. The van der Waals surface area contributed by atoms with E-state index in [1.165, 1.54) is 22.3 Å². The Morgan fingerprint density at radius 1 is 0.857 bits per heavy atom. The zero-order chi connectivity index (χ0) is 39.1. The van der Waals surface area contributed by atoms with Gasteiger partial charge in [0, 0.05) is 71.2 Å². The van der Waals surface area contributed by atoms with Gasteiger partial charge in [-0.25, -0.2) is 18.4 Å². The summed E-state index contributed by atoms with van der Waals surface area (Å²) >= 11 is 7.97. The van der Waals surface area contributed by atoms with Crippen LogP contribution in [0.1, 0.15) is 17.5 Å². The lowest BCUT2D eigenvalue weighted by atomic mass is 9.99. The van der Waals surface area contributed by atoms with Crippen LogP contribution in [0, 0.1) is 6.92 Å². The molecular weight excluding hydrogens is 758 g/mol. The topological polar surface area (TPSA) is 93.7 Å². The molecule has 2 heterocycles. The summed E-state index contributed by atoms with van der Waals surface area (Å²) in [5.41, 5.74) is 7.20. The number of benzene rings is 5. The molecule has 0 aliphatic carbocycles. The van der Waals surface area contributed by atoms with Gasteiger partial charge in [0.05, 0.1) is 10.4 Å². The normalized spacial score (nSPS) is 14.3. The number of hydrogen-bond acceptors (Lipinski definition) is 9. The van der Waals surface area contributed by atoms with E-state index >= 15 is 0 Å². The third-order valence-electron chi connectivity index (χ3n) is 10.1. The Labute approximate surface area is 340 Å². The molecule has 1 unspecified atom stereocenters. The molecule has 5 aromatic carbocycles. The average molecular weight is 807 g/mol. The van der Waals surface area contributed by atoms with Crippen molar-refractivity contribution < 1.29 is 8.42 Å². The second-order valence-electron chi connectivity index (χ2n) is 14.5. The van der Waals surface area contributed by atoms with Crippen molar-refractivity contribution in [1.82, 2.24) is 19.8 Å². The lowest BCUT2D eigenvalue weighted by Crippen LogP contribution is -2.46. The molecule has 0 amide bonds. The fourth-order valence-corrected chi connectivity index (χ4v) is 9.23. The number of aryl methyl sites for hydroxylation is 1. The highest BCUT2D eigenvalue weighted by Gasteiger charge is 2.22. The monoisotopic (exact) mass is 805 g/mol. The second kappa shape index (κ2) is 18.1. The fourth-order valence-electron chi connectivity index (χ4n) is 6.99. The van der Waals surface area contributed by atoms with Crippen LogP contribution in [0.2, 0.25) is 5.02 Å². The van der Waals surface area contributed by atoms with E-state index in [0.717, 1.165) is 79.0 Å². The Bertz CT molecular complexity index is 2350. The van der Waals surface area contributed by atoms with Gasteiger partial charge in [-0.2, -0.15) is 0 Å². The quantitative estimate of drug-likeness (QED) is 0.0988. The molecule has 290 valence electrons. The first kappa shape index (κ1) is 39.6. The number of nitrogens with zero attached hydrogens (tertiary/aromatic N) is 5. The zero-order valence-corrected chi connectivity index (χ0v) is 34.4. The molecule has 6 aromatic rings. The molecule has 2 N–H and O–H groups in total. The van der Waals surface area contributed by atoms with Crippen molar-refractivity contribution in [2.75, 3.05) is 67.5 Å². The van der Waals surface area contributed by atoms with Gasteiger partial charge in [-0.3, -0.25) is 9.62 Å². The van der Waals surface area contributed by atoms with Crippen LogP contribution in [0.4, 0.5) is 17.2 Å². The predicted molar refractivity (Wildman–Crippen MR) is 234 cm³/mol. The lowest BCUT2D eigenvalue weighted by Gasteiger charge is -2.36. The first-order valence-corrected chi connectivity index (χ1v) is 21.7. The van der Waals surface area contributed by atoms with Gasteiger partial charge >= 0.3 is 0 Å². The van der Waals surface area contributed by atoms with E-state index in [0.29, 0.717) is 10.9 Å². The minimum absolute atomic E-state index is 0.182. The van der Waals surface area contributed by atoms with Crippen LogP contribution in [0.3, 0.4) is 0 Å². The summed E-state index contributed by atoms with van der Waals surface area (Å²) in [6.07, 6.45) is 2.37. The molecule has 1 fully saturated rings. The highest BCUT2D eigenvalue weighted by atomic mass is 35.5. The second-order valence-corrected chi connectivity index (χ2v) is 17.7. The number of sulfonamides is 1. The Hall–Kier alpha value is -4.65. The van der Waals surface area contributed by atoms with E-state index in [1.54, 1.807) is 12.1 Å². The summed E-state index contributed by atoms with van der Waals surface area (Å²) in [5, 5.41) is 5.07. The summed E-state index contributed by atoms with van der Waals surface area (Å²) in [5.74, 6) is 1.14. The first-order chi connectivity index (χ1) is 27.1. The van der Waals surface area contributed by atoms with Crippen molar-refractivity contribution in [3.05, 3.63) is 138 Å². The fraction of sp³-hybridized carbons (Fsp3) is 0.273. The third-order valence-corrected chi connectivity index (χ3v) is 12.9. The molecule has 1 aliphatic rings. The van der Waals surface area contributed by atoms with Crippen molar-refractivity contribution in [2.45, 2.75) is 35.7 Å². The first-order valence-electron chi connectivity index (χ1n) is 18.9. The van der Waals surface area contributed by atoms with Gasteiger partial charge in [-0.1, -0.05) is 66.2 Å². The minimum atomic E-state index is -3.93. The maximum Gasteiger partial charge on any atom is 0.263 e. The lowest BCUT2D eigenvalue weighted by molar-refractivity contribution is 0.250. The standard InChI is InChI=1S/C44H48ClN7O2S2/c1-32-27-39(18-20-42(32)48-36(21-22-50(2)3)30-55-38-10-5-4-6-11-38)56(53,54)49-44-41-19-17-37(28-43(41)46-31-47-44)52-25-23-51(24-26-52)29-34-9-7-8-12-40(34)33-13-15-35(45)16-14-33/h4-20,27-28,31,36,48H,21-26,29-30H2,1-3H3,(H,46,47,49). The molecule has 1 aromatic heterocycles. The van der Waals surface area contributed by atoms with Gasteiger partial charge in [-0.15, -0.1) is 11.8 Å². The van der Waals surface area contributed by atoms with Crippen LogP contribution >= 0.6 is 23.4 Å². The number of halogens is 1. The molecule has 0 saturated carbocycles. The van der Waals surface area contributed by atoms with Crippen LogP contribution < -0.4 is 14.9 Å². The van der Waals surface area contributed by atoms with E-state index in [1.807, 2.05) is 61.2 Å². The number of fused-ring (bicyclic) bond motifs is 1. The number of nitrogens with one attached hydrogen (secondary N) is 2. The van der Waals surface area contributed by atoms with Crippen LogP contribution in [-0.2, 0) is 16.6 Å². The highest BCUT2D eigenvalue weighted by Crippen LogP contribution is 2.30. The molecule has 0 bridgehead atoms. The zero-order valence-electron chi connectivity index (χ0n) is 32.0. The summed E-state index contributed by atoms with van der Waals surface area (Å²) in [7, 11) is 0.227. The van der Waals surface area contributed by atoms with Crippen molar-refractivity contribution in [1.29, 1.82) is 0 Å². The number of hydrogen-bond donors (Lipinski definition) is 2. The summed E-state index contributed by atoms with van der Waals surface area (Å²) < 4.78 is 30.2. The number of aromatic nitrogens is 2. The van der Waals surface area contributed by atoms with Crippen molar-refractivity contribution in [3.63, 3.8) is 0 Å². The average Bonchev–Trinajstić information content (AvgIpc) is 3.20. The minimum Gasteiger partial charge on any atom is -0.381 e. The molecular formula is C44H48ClN7O2S2. The molecule has 0 spiro atoms. The maximum absolute atomic E-state index is 13.7. The molecule has 9 nitrogen and oxygen atoms in total. The molecule has 0 radical (unpaired) electrons. The number of rotatable bonds is 15. The van der Waals surface area contributed by atoms with E-state index in [-0.39, 0.29) is 16.8 Å². The summed E-state index contributed by atoms with van der Waals surface area (Å²) in [6.45, 7) is 7.31. The number of anilines is 3. The van der Waals surface area contributed by atoms with Crippen LogP contribution in [-0.4, -0.2) is 86.8 Å². The number of piperazine rings is 1. The van der Waals surface area contributed by atoms with E-state index < -0.39 is 10.0 Å². The molecule has 12 heteroatoms. The van der Waals surface area contributed by atoms with Gasteiger partial charge < -0.3 is 15.1 Å². The van der Waals surface area contributed by atoms with Crippen LogP contribution in [0.15, 0.2) is 131 Å². The largest absolute Gasteiger partial charge is 0.381 e. The number of thioether (sulfide) groups is 1. The Kier molecular flexibility index (Phi) is 12.8. The van der Waals surface area contributed by atoms with Gasteiger partial charge in [0.1, 0.15) is 6.33 Å². The summed E-state index contributed by atoms with van der Waals surface area (Å²) in [4.78, 5) is 17.3. The van der Waals surface area contributed by atoms with Gasteiger partial charge in [0.25, 0.3) is 10.0 Å². The van der Waals surface area contributed by atoms with Gasteiger partial charge in [0.2, 0.25) is 0 Å². The van der Waals surface area contributed by atoms with Crippen molar-refractivity contribution >= 4 is 61.5 Å². The van der Waals surface area contributed by atoms with Gasteiger partial charge in [-0.05, 0) is 117 Å². The Balaban J connectivity index is 0.992. The van der Waals surface area contributed by atoms with Crippen molar-refractivity contribution in [2.24, 2.45) is 0 Å². The SMILES string of the molecule is Cc1cc(S(=O)(=O)Nc2ncnc3cc(N4CCN(Cc5ccccc5-c5ccc(Cl)cc5)CC4)ccc23)ccc1NC(CCN(C)C)CSc1ccccc1. The Morgan fingerprint density at radius 2 is 1.61 bits per heavy atom. The maximum atomic E-state index is 13.7.